The molecule has 7 heteroatoms. The molecule has 2 aromatic carbocycles. The summed E-state index contributed by atoms with van der Waals surface area (Å²) >= 11 is 0. The van der Waals surface area contributed by atoms with Gasteiger partial charge >= 0.3 is 0 Å². The monoisotopic (exact) mass is 520 g/mol. The third-order valence-corrected chi connectivity index (χ3v) is 7.49. The fourth-order valence-corrected chi connectivity index (χ4v) is 4.95. The van der Waals surface area contributed by atoms with Crippen LogP contribution >= 0.6 is 0 Å². The lowest BCUT2D eigenvalue weighted by Crippen LogP contribution is -2.59. The molecule has 2 N–H and O–H groups in total. The summed E-state index contributed by atoms with van der Waals surface area (Å²) in [6.45, 7) is 11.3. The van der Waals surface area contributed by atoms with Crippen molar-refractivity contribution in [3.63, 3.8) is 0 Å². The largest absolute Gasteiger partial charge is 0.342 e. The van der Waals surface area contributed by atoms with E-state index in [-0.39, 0.29) is 23.8 Å². The van der Waals surface area contributed by atoms with Gasteiger partial charge in [-0.05, 0) is 62.8 Å². The molecule has 3 atom stereocenters. The molecule has 0 bridgehead atoms. The van der Waals surface area contributed by atoms with Crippen molar-refractivity contribution in [2.75, 3.05) is 26.7 Å². The number of nitrogens with one attached hydrogen (secondary N) is 2. The van der Waals surface area contributed by atoms with Crippen molar-refractivity contribution in [1.82, 2.24) is 20.4 Å². The zero-order chi connectivity index (χ0) is 27.9. The van der Waals surface area contributed by atoms with Gasteiger partial charge in [-0.15, -0.1) is 0 Å². The lowest BCUT2D eigenvalue weighted by Gasteiger charge is -2.37. The number of rotatable bonds is 10. The summed E-state index contributed by atoms with van der Waals surface area (Å²) in [6, 6.07) is 16.7. The third-order valence-electron chi connectivity index (χ3n) is 7.49. The molecule has 0 spiro atoms. The van der Waals surface area contributed by atoms with Gasteiger partial charge < -0.3 is 20.4 Å². The van der Waals surface area contributed by atoms with Crippen LogP contribution in [0.25, 0.3) is 0 Å². The van der Waals surface area contributed by atoms with Gasteiger partial charge in [0.25, 0.3) is 5.91 Å². The van der Waals surface area contributed by atoms with Gasteiger partial charge in [0.15, 0.2) is 0 Å². The molecule has 0 saturated carbocycles. The first-order chi connectivity index (χ1) is 18.0. The maximum atomic E-state index is 13.9. The van der Waals surface area contributed by atoms with Crippen molar-refractivity contribution in [2.45, 2.75) is 72.0 Å². The zero-order valence-corrected chi connectivity index (χ0v) is 23.8. The number of likely N-dealkylation sites (N-methyl/N-ethyl adjacent to an activating group) is 1. The van der Waals surface area contributed by atoms with Gasteiger partial charge in [-0.25, -0.2) is 0 Å². The molecule has 1 aliphatic heterocycles. The number of benzene rings is 2. The molecular formula is C31H44N4O3. The molecule has 206 valence electrons. The number of hydrogen-bond donors (Lipinski definition) is 2. The smallest absolute Gasteiger partial charge is 0.254 e. The Hall–Kier alpha value is -3.19. The molecule has 3 amide bonds. The van der Waals surface area contributed by atoms with E-state index < -0.39 is 17.5 Å². The quantitative estimate of drug-likeness (QED) is 0.499. The van der Waals surface area contributed by atoms with Crippen molar-refractivity contribution in [1.29, 1.82) is 0 Å². The van der Waals surface area contributed by atoms with E-state index in [0.29, 0.717) is 25.2 Å². The van der Waals surface area contributed by atoms with E-state index in [9.17, 15) is 14.4 Å². The van der Waals surface area contributed by atoms with Crippen molar-refractivity contribution < 1.29 is 14.4 Å². The third kappa shape index (κ3) is 7.44. The lowest BCUT2D eigenvalue weighted by molar-refractivity contribution is -0.140. The summed E-state index contributed by atoms with van der Waals surface area (Å²) < 4.78 is 0. The Balaban J connectivity index is 1.83. The molecule has 1 heterocycles. The summed E-state index contributed by atoms with van der Waals surface area (Å²) in [7, 11) is 1.73. The van der Waals surface area contributed by atoms with E-state index in [2.05, 4.69) is 22.8 Å². The van der Waals surface area contributed by atoms with Crippen LogP contribution < -0.4 is 10.6 Å². The summed E-state index contributed by atoms with van der Waals surface area (Å²) in [5, 5.41) is 5.93. The molecule has 0 aromatic heterocycles. The number of amides is 3. The minimum Gasteiger partial charge on any atom is -0.342 e. The SMILES string of the molecule is CN[C@@H](C)C(=O)N[C@H](C(=O)N1CCC[C@H]1CN(CCc1ccccc1)C(=O)c1ccccc1C)C(C)(C)C. The van der Waals surface area contributed by atoms with Crippen molar-refractivity contribution in [3.05, 3.63) is 71.3 Å². The van der Waals surface area contributed by atoms with Crippen molar-refractivity contribution in [2.24, 2.45) is 5.41 Å². The van der Waals surface area contributed by atoms with E-state index in [4.69, 9.17) is 0 Å². The molecule has 2 aromatic rings. The highest BCUT2D eigenvalue weighted by atomic mass is 16.2. The normalized spacial score (nSPS) is 17.1. The Morgan fingerprint density at radius 2 is 1.71 bits per heavy atom. The molecule has 0 radical (unpaired) electrons. The van der Waals surface area contributed by atoms with Gasteiger partial charge in [0, 0.05) is 31.2 Å². The Labute approximate surface area is 228 Å². The Morgan fingerprint density at radius 3 is 2.34 bits per heavy atom. The van der Waals surface area contributed by atoms with E-state index in [1.165, 1.54) is 5.56 Å². The van der Waals surface area contributed by atoms with E-state index in [1.807, 2.05) is 80.0 Å². The van der Waals surface area contributed by atoms with Crippen LogP contribution in [-0.4, -0.2) is 72.3 Å². The molecule has 1 aliphatic rings. The molecule has 0 unspecified atom stereocenters. The van der Waals surface area contributed by atoms with Crippen molar-refractivity contribution in [3.8, 4) is 0 Å². The van der Waals surface area contributed by atoms with Crippen LogP contribution in [0.15, 0.2) is 54.6 Å². The molecular weight excluding hydrogens is 476 g/mol. The van der Waals surface area contributed by atoms with E-state index in [1.54, 1.807) is 14.0 Å². The molecule has 1 fully saturated rings. The number of aryl methyl sites for hydroxylation is 1. The van der Waals surface area contributed by atoms with Gasteiger partial charge in [0.05, 0.1) is 6.04 Å². The average molecular weight is 521 g/mol. The van der Waals surface area contributed by atoms with Gasteiger partial charge in [0.1, 0.15) is 6.04 Å². The van der Waals surface area contributed by atoms with E-state index in [0.717, 1.165) is 24.8 Å². The maximum Gasteiger partial charge on any atom is 0.254 e. The van der Waals surface area contributed by atoms with Crippen LogP contribution in [0.5, 0.6) is 0 Å². The second-order valence-electron chi connectivity index (χ2n) is 11.4. The first kappa shape index (κ1) is 29.4. The fraction of sp³-hybridized carbons (Fsp3) is 0.516. The molecule has 38 heavy (non-hydrogen) atoms. The van der Waals surface area contributed by atoms with Crippen LogP contribution in [0.4, 0.5) is 0 Å². The predicted molar refractivity (Wildman–Crippen MR) is 152 cm³/mol. The van der Waals surface area contributed by atoms with Crippen LogP contribution in [0, 0.1) is 12.3 Å². The minimum absolute atomic E-state index is 0.0122. The second-order valence-corrected chi connectivity index (χ2v) is 11.4. The van der Waals surface area contributed by atoms with Gasteiger partial charge in [0.2, 0.25) is 11.8 Å². The van der Waals surface area contributed by atoms with Crippen LogP contribution in [0.1, 0.15) is 62.0 Å². The van der Waals surface area contributed by atoms with Gasteiger partial charge in [-0.2, -0.15) is 0 Å². The van der Waals surface area contributed by atoms with Crippen LogP contribution in [0.2, 0.25) is 0 Å². The van der Waals surface area contributed by atoms with Crippen LogP contribution in [-0.2, 0) is 16.0 Å². The Kier molecular flexibility index (Phi) is 10.1. The highest BCUT2D eigenvalue weighted by Gasteiger charge is 2.40. The lowest BCUT2D eigenvalue weighted by atomic mass is 9.85. The minimum atomic E-state index is -0.656. The number of likely N-dealkylation sites (tertiary alicyclic amines) is 1. The number of hydrogen-bond acceptors (Lipinski definition) is 4. The average Bonchev–Trinajstić information content (AvgIpc) is 3.36. The fourth-order valence-electron chi connectivity index (χ4n) is 4.95. The predicted octanol–water partition coefficient (Wildman–Crippen LogP) is 3.81. The van der Waals surface area contributed by atoms with E-state index >= 15 is 0 Å². The first-order valence-corrected chi connectivity index (χ1v) is 13.7. The first-order valence-electron chi connectivity index (χ1n) is 13.7. The Morgan fingerprint density at radius 1 is 1.05 bits per heavy atom. The number of carbonyl (C=O) groups is 3. The van der Waals surface area contributed by atoms with Crippen molar-refractivity contribution >= 4 is 17.7 Å². The highest BCUT2D eigenvalue weighted by Crippen LogP contribution is 2.27. The summed E-state index contributed by atoms with van der Waals surface area (Å²) in [5.74, 6) is -0.291. The van der Waals surface area contributed by atoms with Crippen LogP contribution in [0.3, 0.4) is 0 Å². The summed E-state index contributed by atoms with van der Waals surface area (Å²) in [5.41, 5.74) is 2.34. The second kappa shape index (κ2) is 13.1. The summed E-state index contributed by atoms with van der Waals surface area (Å²) in [6.07, 6.45) is 2.44. The maximum absolute atomic E-state index is 13.9. The molecule has 3 rings (SSSR count). The molecule has 0 aliphatic carbocycles. The highest BCUT2D eigenvalue weighted by molar-refractivity contribution is 5.96. The molecule has 1 saturated heterocycles. The number of carbonyl (C=O) groups excluding carboxylic acids is 3. The van der Waals surface area contributed by atoms with Gasteiger partial charge in [-0.3, -0.25) is 14.4 Å². The zero-order valence-electron chi connectivity index (χ0n) is 23.8. The van der Waals surface area contributed by atoms with Gasteiger partial charge in [-0.1, -0.05) is 69.3 Å². The molecule has 7 nitrogen and oxygen atoms in total. The standard InChI is InChI=1S/C31H44N4O3/c1-22-13-10-11-17-26(22)29(37)34(20-18-24-14-8-7-9-15-24)21-25-16-12-19-35(25)30(38)27(31(3,4)5)33-28(36)23(2)32-6/h7-11,13-15,17,23,25,27,32H,12,16,18-21H2,1-6H3,(H,33,36)/t23-,25-,27+/m0/s1. The summed E-state index contributed by atoms with van der Waals surface area (Å²) in [4.78, 5) is 44.1. The number of nitrogens with zero attached hydrogens (tertiary/aromatic N) is 2. The Bertz CT molecular complexity index is 1100. The topological polar surface area (TPSA) is 81.8 Å².